The molecule has 1 aliphatic rings. The smallest absolute Gasteiger partial charge is 0.341 e. The van der Waals surface area contributed by atoms with Gasteiger partial charge < -0.3 is 25.4 Å². The average Bonchev–Trinajstić information content (AvgIpc) is 3.54. The van der Waals surface area contributed by atoms with Crippen molar-refractivity contribution in [2.45, 2.75) is 30.1 Å². The summed E-state index contributed by atoms with van der Waals surface area (Å²) in [4.78, 5) is 54.6. The van der Waals surface area contributed by atoms with Crippen LogP contribution in [0.1, 0.15) is 54.6 Å². The van der Waals surface area contributed by atoms with Gasteiger partial charge in [0.25, 0.3) is 11.8 Å². The van der Waals surface area contributed by atoms with Crippen molar-refractivity contribution in [2.24, 2.45) is 0 Å². The first-order valence-corrected chi connectivity index (χ1v) is 18.5. The van der Waals surface area contributed by atoms with E-state index in [1.165, 1.54) is 42.9 Å². The molecule has 1 aliphatic carbocycles. The molecule has 264 valence electrons. The predicted molar refractivity (Wildman–Crippen MR) is 206 cm³/mol. The summed E-state index contributed by atoms with van der Waals surface area (Å²) in [5.74, 6) is -0.755. The number of fused-ring (bicyclic) bond motifs is 1. The maximum Gasteiger partial charge on any atom is 0.341 e. The first kappa shape index (κ1) is 36.2. The number of ether oxygens (including phenoxy) is 2. The van der Waals surface area contributed by atoms with Crippen molar-refractivity contribution in [2.75, 3.05) is 30.6 Å². The quantitative estimate of drug-likeness (QED) is 0.0676. The zero-order valence-electron chi connectivity index (χ0n) is 28.6. The molecule has 0 fully saturated rings. The molecule has 0 saturated carbocycles. The zero-order valence-corrected chi connectivity index (χ0v) is 30.3. The van der Waals surface area contributed by atoms with Crippen LogP contribution in [0.2, 0.25) is 0 Å². The van der Waals surface area contributed by atoms with Gasteiger partial charge in [0.1, 0.15) is 16.4 Å². The van der Waals surface area contributed by atoms with E-state index in [0.29, 0.717) is 39.0 Å². The Morgan fingerprint density at radius 2 is 1.60 bits per heavy atom. The summed E-state index contributed by atoms with van der Waals surface area (Å²) in [5, 5.41) is 9.08. The Bertz CT molecular complexity index is 2110. The summed E-state index contributed by atoms with van der Waals surface area (Å²) < 4.78 is 10.6. The first-order chi connectivity index (χ1) is 25.3. The third kappa shape index (κ3) is 8.79. The lowest BCUT2D eigenvalue weighted by Gasteiger charge is -2.22. The van der Waals surface area contributed by atoms with Crippen LogP contribution >= 0.6 is 23.1 Å². The summed E-state index contributed by atoms with van der Waals surface area (Å²) in [6.07, 6.45) is 3.99. The topological polar surface area (TPSA) is 123 Å². The molecule has 0 aliphatic heterocycles. The van der Waals surface area contributed by atoms with E-state index in [-0.39, 0.29) is 17.4 Å². The van der Waals surface area contributed by atoms with Crippen molar-refractivity contribution in [1.82, 2.24) is 5.32 Å². The maximum absolute atomic E-state index is 13.6. The number of methoxy groups -OCH3 is 2. The maximum atomic E-state index is 13.6. The van der Waals surface area contributed by atoms with E-state index in [1.54, 1.807) is 66.7 Å². The summed E-state index contributed by atoms with van der Waals surface area (Å²) in [7, 11) is 2.88. The molecule has 3 amide bonds. The van der Waals surface area contributed by atoms with Gasteiger partial charge in [-0.05, 0) is 78.8 Å². The SMILES string of the molecule is COC(=O)c1c(NC(=O)CSc2cccc(NC(=O)/C(=C\c3ccccc3OC)NC(=O)c3ccccc3)c2)sc2c1CCC(c1ccccc1)C2. The number of hydrogen-bond donors (Lipinski definition) is 3. The van der Waals surface area contributed by atoms with E-state index in [2.05, 4.69) is 28.1 Å². The van der Waals surface area contributed by atoms with Crippen LogP contribution in [0.5, 0.6) is 5.75 Å². The van der Waals surface area contributed by atoms with Crippen LogP contribution < -0.4 is 20.7 Å². The second kappa shape index (κ2) is 17.0. The standard InChI is InChI=1S/C41H37N3O6S2/c1-49-34-19-10-9-16-29(34)22-33(43-38(46)27-14-7-4-8-15-27)39(47)42-30-17-11-18-31(24-30)51-25-36(45)44-40-37(41(48)50-2)32-21-20-28(23-35(32)52-40)26-12-5-3-6-13-26/h3-19,22,24,28H,20-21,23,25H2,1-2H3,(H,42,47)(H,43,46)(H,44,45)/b33-22+. The number of hydrogen-bond acceptors (Lipinski definition) is 8. The fourth-order valence-corrected chi connectivity index (χ4v) is 8.15. The van der Waals surface area contributed by atoms with Gasteiger partial charge in [0.2, 0.25) is 5.91 Å². The lowest BCUT2D eigenvalue weighted by molar-refractivity contribution is -0.114. The van der Waals surface area contributed by atoms with Gasteiger partial charge in [0, 0.05) is 26.6 Å². The van der Waals surface area contributed by atoms with Gasteiger partial charge >= 0.3 is 5.97 Å². The van der Waals surface area contributed by atoms with E-state index in [1.807, 2.05) is 36.4 Å². The van der Waals surface area contributed by atoms with Gasteiger partial charge in [-0.15, -0.1) is 23.1 Å². The minimum absolute atomic E-state index is 0.0194. The molecule has 0 saturated heterocycles. The van der Waals surface area contributed by atoms with E-state index >= 15 is 0 Å². The van der Waals surface area contributed by atoms with Gasteiger partial charge in [-0.1, -0.05) is 72.8 Å². The Hall–Kier alpha value is -5.65. The minimum atomic E-state index is -0.540. The molecular weight excluding hydrogens is 695 g/mol. The fourth-order valence-electron chi connectivity index (χ4n) is 6.06. The van der Waals surface area contributed by atoms with Crippen LogP contribution in [0.15, 0.2) is 120 Å². The monoisotopic (exact) mass is 731 g/mol. The Labute approximate surface area is 310 Å². The number of carbonyl (C=O) groups excluding carboxylic acids is 4. The molecular formula is C41H37N3O6S2. The van der Waals surface area contributed by atoms with Gasteiger partial charge in [-0.25, -0.2) is 4.79 Å². The van der Waals surface area contributed by atoms with Gasteiger partial charge in [0.15, 0.2) is 0 Å². The summed E-state index contributed by atoms with van der Waals surface area (Å²) in [6.45, 7) is 0. The largest absolute Gasteiger partial charge is 0.496 e. The molecule has 5 aromatic rings. The number of carbonyl (C=O) groups is 4. The molecule has 1 heterocycles. The molecule has 1 unspecified atom stereocenters. The Kier molecular flexibility index (Phi) is 11.8. The number of benzene rings is 4. The number of rotatable bonds is 12. The van der Waals surface area contributed by atoms with Gasteiger partial charge in [-0.2, -0.15) is 0 Å². The Morgan fingerprint density at radius 3 is 2.35 bits per heavy atom. The van der Waals surface area contributed by atoms with Crippen LogP contribution in [0.4, 0.5) is 10.7 Å². The third-order valence-corrected chi connectivity index (χ3v) is 10.8. The van der Waals surface area contributed by atoms with Gasteiger partial charge in [-0.3, -0.25) is 14.4 Å². The first-order valence-electron chi connectivity index (χ1n) is 16.7. The average molecular weight is 732 g/mol. The molecule has 1 atom stereocenters. The Morgan fingerprint density at radius 1 is 0.865 bits per heavy atom. The highest BCUT2D eigenvalue weighted by Gasteiger charge is 2.30. The summed E-state index contributed by atoms with van der Waals surface area (Å²) in [6, 6.07) is 33.2. The third-order valence-electron chi connectivity index (χ3n) is 8.61. The molecule has 4 aromatic carbocycles. The summed E-state index contributed by atoms with van der Waals surface area (Å²) >= 11 is 2.73. The number of amides is 3. The highest BCUT2D eigenvalue weighted by atomic mass is 32.2. The van der Waals surface area contributed by atoms with Crippen molar-refractivity contribution in [3.05, 3.63) is 148 Å². The van der Waals surface area contributed by atoms with E-state index in [9.17, 15) is 19.2 Å². The van der Waals surface area contributed by atoms with Crippen molar-refractivity contribution in [1.29, 1.82) is 0 Å². The molecule has 52 heavy (non-hydrogen) atoms. The van der Waals surface area contributed by atoms with Gasteiger partial charge in [0.05, 0.1) is 25.5 Å². The van der Waals surface area contributed by atoms with Crippen molar-refractivity contribution < 1.29 is 28.7 Å². The second-order valence-electron chi connectivity index (χ2n) is 12.0. The summed E-state index contributed by atoms with van der Waals surface area (Å²) in [5.41, 5.74) is 4.16. The van der Waals surface area contributed by atoms with Crippen molar-refractivity contribution >= 4 is 63.6 Å². The highest BCUT2D eigenvalue weighted by Crippen LogP contribution is 2.43. The van der Waals surface area contributed by atoms with Crippen molar-refractivity contribution in [3.8, 4) is 5.75 Å². The Balaban J connectivity index is 1.13. The number of anilines is 2. The van der Waals surface area contributed by atoms with Crippen LogP contribution in [-0.4, -0.2) is 43.7 Å². The molecule has 11 heteroatoms. The number of thioether (sulfide) groups is 1. The number of nitrogens with one attached hydrogen (secondary N) is 3. The van der Waals surface area contributed by atoms with E-state index < -0.39 is 17.8 Å². The van der Waals surface area contributed by atoms with Crippen LogP contribution in [0.25, 0.3) is 6.08 Å². The lowest BCUT2D eigenvalue weighted by atomic mass is 9.83. The van der Waals surface area contributed by atoms with Crippen LogP contribution in [-0.2, 0) is 27.2 Å². The minimum Gasteiger partial charge on any atom is -0.496 e. The fraction of sp³-hybridized carbons (Fsp3) is 0.171. The number of esters is 1. The van der Waals surface area contributed by atoms with Crippen molar-refractivity contribution in [3.63, 3.8) is 0 Å². The normalized spacial score (nSPS) is 13.7. The van der Waals surface area contributed by atoms with Crippen LogP contribution in [0.3, 0.4) is 0 Å². The lowest BCUT2D eigenvalue weighted by Crippen LogP contribution is -2.30. The molecule has 9 nitrogen and oxygen atoms in total. The molecule has 3 N–H and O–H groups in total. The predicted octanol–water partition coefficient (Wildman–Crippen LogP) is 7.96. The second-order valence-corrected chi connectivity index (χ2v) is 14.1. The molecule has 6 rings (SSSR count). The molecule has 0 bridgehead atoms. The number of thiophene rings is 1. The molecule has 0 radical (unpaired) electrons. The van der Waals surface area contributed by atoms with Crippen LogP contribution in [0, 0.1) is 0 Å². The van der Waals surface area contributed by atoms with E-state index in [4.69, 9.17) is 9.47 Å². The molecule has 0 spiro atoms. The number of para-hydroxylation sites is 1. The zero-order chi connectivity index (χ0) is 36.5. The highest BCUT2D eigenvalue weighted by molar-refractivity contribution is 8.00. The van der Waals surface area contributed by atoms with E-state index in [0.717, 1.165) is 34.6 Å². The molecule has 1 aromatic heterocycles.